The lowest BCUT2D eigenvalue weighted by molar-refractivity contribution is -0.117. The van der Waals surface area contributed by atoms with Crippen molar-refractivity contribution >= 4 is 5.91 Å². The minimum absolute atomic E-state index is 0.0866. The van der Waals surface area contributed by atoms with Gasteiger partial charge in [0.1, 0.15) is 5.82 Å². The van der Waals surface area contributed by atoms with E-state index in [0.29, 0.717) is 18.0 Å². The molecule has 4 nitrogen and oxygen atoms in total. The van der Waals surface area contributed by atoms with Crippen molar-refractivity contribution in [3.63, 3.8) is 0 Å². The number of hydrogen-bond donors (Lipinski definition) is 1. The maximum atomic E-state index is 11.9. The largest absolute Gasteiger partial charge is 0.345 e. The zero-order valence-electron chi connectivity index (χ0n) is 18.3. The molecule has 0 spiro atoms. The highest BCUT2D eigenvalue weighted by atomic mass is 16.1. The van der Waals surface area contributed by atoms with Gasteiger partial charge in [-0.05, 0) is 24.3 Å². The van der Waals surface area contributed by atoms with Crippen molar-refractivity contribution in [1.82, 2.24) is 14.9 Å². The van der Waals surface area contributed by atoms with Crippen molar-refractivity contribution in [1.29, 1.82) is 0 Å². The second-order valence-corrected chi connectivity index (χ2v) is 6.74. The van der Waals surface area contributed by atoms with E-state index in [1.807, 2.05) is 49.9 Å². The Morgan fingerprint density at radius 3 is 2.15 bits per heavy atom. The Morgan fingerprint density at radius 2 is 1.77 bits per heavy atom. The summed E-state index contributed by atoms with van der Waals surface area (Å²) in [6.45, 7) is 20.7. The Labute approximate surface area is 161 Å². The average Bonchev–Trinajstić information content (AvgIpc) is 2.99. The molecule has 0 saturated heterocycles. The number of amides is 1. The second-order valence-electron chi connectivity index (χ2n) is 6.74. The van der Waals surface area contributed by atoms with Crippen LogP contribution in [0.3, 0.4) is 0 Å². The molecule has 148 valence electrons. The van der Waals surface area contributed by atoms with Crippen molar-refractivity contribution in [2.75, 3.05) is 0 Å². The third kappa shape index (κ3) is 12.3. The first kappa shape index (κ1) is 26.1. The van der Waals surface area contributed by atoms with Gasteiger partial charge in [0.25, 0.3) is 0 Å². The Kier molecular flexibility index (Phi) is 15.3. The SMILES string of the molecule is C=C/C(=C\C=C(/C)C(=O)NCc1nccn1C)C(C)C.CC.CC(C)C. The van der Waals surface area contributed by atoms with Crippen LogP contribution < -0.4 is 5.32 Å². The number of imidazole rings is 1. The Bertz CT molecular complexity index is 575. The molecular formula is C22H39N3O. The molecule has 0 aliphatic rings. The van der Waals surface area contributed by atoms with Crippen LogP contribution in [0.4, 0.5) is 0 Å². The first-order chi connectivity index (χ1) is 12.2. The van der Waals surface area contributed by atoms with Gasteiger partial charge in [-0.2, -0.15) is 0 Å². The van der Waals surface area contributed by atoms with Gasteiger partial charge in [0.05, 0.1) is 6.54 Å². The van der Waals surface area contributed by atoms with E-state index in [1.54, 1.807) is 13.1 Å². The molecule has 0 saturated carbocycles. The van der Waals surface area contributed by atoms with Gasteiger partial charge < -0.3 is 9.88 Å². The molecule has 4 heteroatoms. The standard InChI is InChI=1S/C16H23N3O.C4H10.C2H6/c1-6-14(12(2)3)8-7-13(4)16(20)18-11-15-17-9-10-19(15)5;1-4(2)3;1-2/h6-10,12H,1,11H2,2-5H3,(H,18,20);4H,1-3H3;1-2H3/b13-7+,14-8+;;. The molecule has 0 atom stereocenters. The summed E-state index contributed by atoms with van der Waals surface area (Å²) in [7, 11) is 1.90. The van der Waals surface area contributed by atoms with Gasteiger partial charge in [-0.1, -0.05) is 73.3 Å². The predicted molar refractivity (Wildman–Crippen MR) is 114 cm³/mol. The normalized spacial score (nSPS) is 11.3. The summed E-state index contributed by atoms with van der Waals surface area (Å²) in [6, 6.07) is 0. The smallest absolute Gasteiger partial charge is 0.247 e. The van der Waals surface area contributed by atoms with Gasteiger partial charge in [-0.25, -0.2) is 4.98 Å². The van der Waals surface area contributed by atoms with Crippen molar-refractivity contribution in [3.8, 4) is 0 Å². The van der Waals surface area contributed by atoms with E-state index in [-0.39, 0.29) is 5.91 Å². The van der Waals surface area contributed by atoms with Gasteiger partial charge in [-0.3, -0.25) is 4.79 Å². The molecule has 1 aromatic rings. The topological polar surface area (TPSA) is 46.9 Å². The minimum atomic E-state index is -0.0866. The van der Waals surface area contributed by atoms with Crippen LogP contribution in [0.1, 0.15) is 61.2 Å². The second kappa shape index (κ2) is 15.2. The van der Waals surface area contributed by atoms with Crippen LogP contribution in [0, 0.1) is 11.8 Å². The molecule has 26 heavy (non-hydrogen) atoms. The highest BCUT2D eigenvalue weighted by Gasteiger charge is 2.05. The number of aryl methyl sites for hydroxylation is 1. The number of allylic oxidation sites excluding steroid dienone is 4. The van der Waals surface area contributed by atoms with E-state index < -0.39 is 0 Å². The molecule has 0 aliphatic heterocycles. The van der Waals surface area contributed by atoms with Crippen LogP contribution in [-0.2, 0) is 18.4 Å². The Balaban J connectivity index is 0. The fourth-order valence-electron chi connectivity index (χ4n) is 1.66. The zero-order chi connectivity index (χ0) is 20.7. The summed E-state index contributed by atoms with van der Waals surface area (Å²) in [5, 5.41) is 2.85. The zero-order valence-corrected chi connectivity index (χ0v) is 18.3. The molecule has 1 heterocycles. The molecule has 0 radical (unpaired) electrons. The van der Waals surface area contributed by atoms with Gasteiger partial charge in [0.2, 0.25) is 5.91 Å². The highest BCUT2D eigenvalue weighted by molar-refractivity contribution is 5.93. The summed E-state index contributed by atoms with van der Waals surface area (Å²) in [6.07, 6.45) is 9.15. The van der Waals surface area contributed by atoms with Gasteiger partial charge in [-0.15, -0.1) is 0 Å². The Hall–Kier alpha value is -2.10. The van der Waals surface area contributed by atoms with Crippen LogP contribution in [0.5, 0.6) is 0 Å². The van der Waals surface area contributed by atoms with E-state index in [2.05, 4.69) is 51.5 Å². The summed E-state index contributed by atoms with van der Waals surface area (Å²) in [5.41, 5.74) is 1.78. The maximum absolute atomic E-state index is 11.9. The highest BCUT2D eigenvalue weighted by Crippen LogP contribution is 2.11. The molecule has 0 bridgehead atoms. The number of nitrogens with zero attached hydrogens (tertiary/aromatic N) is 2. The average molecular weight is 362 g/mol. The monoisotopic (exact) mass is 361 g/mol. The molecular weight excluding hydrogens is 322 g/mol. The summed E-state index contributed by atoms with van der Waals surface area (Å²) in [4.78, 5) is 16.1. The number of nitrogens with one attached hydrogen (secondary N) is 1. The minimum Gasteiger partial charge on any atom is -0.345 e. The van der Waals surface area contributed by atoms with E-state index in [0.717, 1.165) is 17.3 Å². The van der Waals surface area contributed by atoms with Crippen molar-refractivity contribution in [3.05, 3.63) is 54.2 Å². The number of rotatable bonds is 6. The van der Waals surface area contributed by atoms with E-state index in [9.17, 15) is 4.79 Å². The molecule has 1 amide bonds. The van der Waals surface area contributed by atoms with Crippen LogP contribution in [0.2, 0.25) is 0 Å². The van der Waals surface area contributed by atoms with E-state index in [1.165, 1.54) is 0 Å². The fraction of sp³-hybridized carbons (Fsp3) is 0.545. The summed E-state index contributed by atoms with van der Waals surface area (Å²) in [5.74, 6) is 1.97. The third-order valence-corrected chi connectivity index (χ3v) is 3.11. The van der Waals surface area contributed by atoms with Crippen molar-refractivity contribution in [2.45, 2.75) is 61.9 Å². The summed E-state index contributed by atoms with van der Waals surface area (Å²) >= 11 is 0. The number of aromatic nitrogens is 2. The third-order valence-electron chi connectivity index (χ3n) is 3.11. The fourth-order valence-corrected chi connectivity index (χ4v) is 1.66. The lowest BCUT2D eigenvalue weighted by Gasteiger charge is -2.06. The van der Waals surface area contributed by atoms with Crippen molar-refractivity contribution in [2.24, 2.45) is 18.9 Å². The number of carbonyl (C=O) groups excluding carboxylic acids is 1. The molecule has 1 aromatic heterocycles. The van der Waals surface area contributed by atoms with Crippen molar-refractivity contribution < 1.29 is 4.79 Å². The molecule has 1 N–H and O–H groups in total. The predicted octanol–water partition coefficient (Wildman–Crippen LogP) is 5.44. The molecule has 0 aromatic carbocycles. The van der Waals surface area contributed by atoms with Crippen LogP contribution in [0.15, 0.2) is 48.3 Å². The molecule has 0 fully saturated rings. The van der Waals surface area contributed by atoms with Crippen LogP contribution in [0.25, 0.3) is 0 Å². The number of carbonyl (C=O) groups is 1. The summed E-state index contributed by atoms with van der Waals surface area (Å²) < 4.78 is 1.88. The first-order valence-electron chi connectivity index (χ1n) is 9.44. The van der Waals surface area contributed by atoms with Gasteiger partial charge >= 0.3 is 0 Å². The first-order valence-corrected chi connectivity index (χ1v) is 9.44. The number of hydrogen-bond acceptors (Lipinski definition) is 2. The van der Waals surface area contributed by atoms with Gasteiger partial charge in [0, 0.05) is 25.0 Å². The van der Waals surface area contributed by atoms with Gasteiger partial charge in [0.15, 0.2) is 0 Å². The maximum Gasteiger partial charge on any atom is 0.247 e. The molecule has 0 aliphatic carbocycles. The Morgan fingerprint density at radius 1 is 1.23 bits per heavy atom. The lowest BCUT2D eigenvalue weighted by atomic mass is 10.0. The quantitative estimate of drug-likeness (QED) is 0.542. The van der Waals surface area contributed by atoms with E-state index >= 15 is 0 Å². The van der Waals surface area contributed by atoms with Crippen LogP contribution >= 0.6 is 0 Å². The van der Waals surface area contributed by atoms with E-state index in [4.69, 9.17) is 0 Å². The molecule has 1 rings (SSSR count). The lowest BCUT2D eigenvalue weighted by Crippen LogP contribution is -2.24. The molecule has 0 unspecified atom stereocenters. The van der Waals surface area contributed by atoms with Crippen LogP contribution in [-0.4, -0.2) is 15.5 Å².